The van der Waals surface area contributed by atoms with Gasteiger partial charge >= 0.3 is 0 Å². The first-order chi connectivity index (χ1) is 6.06. The van der Waals surface area contributed by atoms with Crippen LogP contribution in [0.25, 0.3) is 0 Å². The molecule has 0 amide bonds. The van der Waals surface area contributed by atoms with Crippen molar-refractivity contribution in [3.05, 3.63) is 35.4 Å². The van der Waals surface area contributed by atoms with E-state index < -0.39 is 11.4 Å². The fraction of sp³-hybridized carbons (Fsp3) is 0.333. The zero-order chi connectivity index (χ0) is 10.3. The number of aryl methyl sites for hydroxylation is 2. The van der Waals surface area contributed by atoms with E-state index in [0.29, 0.717) is 0 Å². The largest absolute Gasteiger partial charge is 0.750 e. The van der Waals surface area contributed by atoms with Gasteiger partial charge in [0.25, 0.3) is 0 Å². The van der Waals surface area contributed by atoms with E-state index in [1.54, 1.807) is 0 Å². The van der Waals surface area contributed by atoms with Crippen molar-refractivity contribution in [1.29, 1.82) is 0 Å². The summed E-state index contributed by atoms with van der Waals surface area (Å²) in [6.45, 7) is 4.28. The zero-order valence-electron chi connectivity index (χ0n) is 7.69. The van der Waals surface area contributed by atoms with Crippen LogP contribution in [0.5, 0.6) is 0 Å². The molecule has 0 aliphatic carbocycles. The Bertz CT molecular complexity index is 252. The highest BCUT2D eigenvalue weighted by atomic mass is 32.2. The van der Waals surface area contributed by atoms with E-state index >= 15 is 0 Å². The van der Waals surface area contributed by atoms with E-state index in [-0.39, 0.29) is 0 Å². The van der Waals surface area contributed by atoms with Gasteiger partial charge in [-0.2, -0.15) is 0 Å². The zero-order valence-corrected chi connectivity index (χ0v) is 8.50. The number of rotatable bonds is 1. The average Bonchev–Trinajstić information content (AvgIpc) is 2.05. The molecule has 13 heavy (non-hydrogen) atoms. The van der Waals surface area contributed by atoms with Crippen molar-refractivity contribution in [3.63, 3.8) is 0 Å². The lowest BCUT2D eigenvalue weighted by Crippen LogP contribution is -1.77. The quantitative estimate of drug-likeness (QED) is 0.706. The molecule has 0 saturated carbocycles. The van der Waals surface area contributed by atoms with Gasteiger partial charge in [0.05, 0.1) is 11.4 Å². The molecule has 1 aromatic carbocycles. The Kier molecular flexibility index (Phi) is 6.40. The molecule has 74 valence electrons. The molecule has 0 heterocycles. The third-order valence-corrected chi connectivity index (χ3v) is 1.53. The maximum absolute atomic E-state index is 8.56. The van der Waals surface area contributed by atoms with Crippen LogP contribution in [0.1, 0.15) is 18.1 Å². The van der Waals surface area contributed by atoms with Gasteiger partial charge in [-0.1, -0.05) is 36.8 Å². The van der Waals surface area contributed by atoms with Crippen LogP contribution in [0.4, 0.5) is 0 Å². The Balaban J connectivity index is 0.000000310. The van der Waals surface area contributed by atoms with Gasteiger partial charge in [0.2, 0.25) is 0 Å². The predicted octanol–water partition coefficient (Wildman–Crippen LogP) is 1.90. The molecular weight excluding hydrogens is 188 g/mol. The molecule has 3 nitrogen and oxygen atoms in total. The monoisotopic (exact) mass is 201 g/mol. The fourth-order valence-electron chi connectivity index (χ4n) is 0.824. The van der Waals surface area contributed by atoms with Gasteiger partial charge in [0.15, 0.2) is 0 Å². The topological polar surface area (TPSA) is 60.4 Å². The molecule has 0 fully saturated rings. The highest BCUT2D eigenvalue weighted by Crippen LogP contribution is 2.02. The van der Waals surface area contributed by atoms with E-state index in [2.05, 4.69) is 38.1 Å². The molecule has 1 aromatic rings. The predicted molar refractivity (Wildman–Crippen MR) is 52.1 cm³/mol. The van der Waals surface area contributed by atoms with Crippen molar-refractivity contribution in [3.8, 4) is 0 Å². The highest BCUT2D eigenvalue weighted by molar-refractivity contribution is 7.73. The van der Waals surface area contributed by atoms with Crippen LogP contribution in [0.15, 0.2) is 24.3 Å². The molecule has 1 rings (SSSR count). The van der Waals surface area contributed by atoms with Gasteiger partial charge in [-0.3, -0.25) is 0 Å². The van der Waals surface area contributed by atoms with Crippen LogP contribution in [0.3, 0.4) is 0 Å². The van der Waals surface area contributed by atoms with Crippen molar-refractivity contribution in [2.24, 2.45) is 0 Å². The standard InChI is InChI=1S/C9H12.H2O3S/c1-3-9-6-4-8(2)5-7-9;1-4(2)3/h4-7H,3H2,1-2H3;(H2,1,2,3)/p-1. The van der Waals surface area contributed by atoms with Gasteiger partial charge in [-0.15, -0.1) is 0 Å². The molecule has 4 heteroatoms. The van der Waals surface area contributed by atoms with Gasteiger partial charge < -0.3 is 9.11 Å². The van der Waals surface area contributed by atoms with Gasteiger partial charge in [0, 0.05) is 0 Å². The number of hydrogen-bond acceptors (Lipinski definition) is 2. The minimum Gasteiger partial charge on any atom is -0.750 e. The fourth-order valence-corrected chi connectivity index (χ4v) is 0.824. The first kappa shape index (κ1) is 12.3. The van der Waals surface area contributed by atoms with E-state index in [0.717, 1.165) is 6.42 Å². The van der Waals surface area contributed by atoms with Crippen LogP contribution < -0.4 is 0 Å². The van der Waals surface area contributed by atoms with Crippen molar-refractivity contribution in [2.45, 2.75) is 20.3 Å². The Morgan fingerprint density at radius 1 is 1.38 bits per heavy atom. The number of benzene rings is 1. The second-order valence-corrected chi connectivity index (χ2v) is 2.99. The number of hydrogen-bond donors (Lipinski definition) is 1. The molecule has 0 aliphatic rings. The summed E-state index contributed by atoms with van der Waals surface area (Å²) in [6, 6.07) is 8.66. The maximum Gasteiger partial charge on any atom is 0.0814 e. The summed E-state index contributed by atoms with van der Waals surface area (Å²) >= 11 is -2.86. The van der Waals surface area contributed by atoms with E-state index in [9.17, 15) is 0 Å². The summed E-state index contributed by atoms with van der Waals surface area (Å²) in [5, 5.41) is 0. The molecule has 1 unspecified atom stereocenters. The minimum atomic E-state index is -2.86. The van der Waals surface area contributed by atoms with E-state index in [1.165, 1.54) is 11.1 Å². The highest BCUT2D eigenvalue weighted by Gasteiger charge is 1.84. The molecule has 0 spiro atoms. The Morgan fingerprint density at radius 2 is 1.77 bits per heavy atom. The van der Waals surface area contributed by atoms with Crippen LogP contribution in [0.2, 0.25) is 0 Å². The minimum absolute atomic E-state index is 1.14. The van der Waals surface area contributed by atoms with Crippen molar-refractivity contribution in [2.75, 3.05) is 0 Å². The lowest BCUT2D eigenvalue weighted by molar-refractivity contribution is 0.436. The first-order valence-corrected chi connectivity index (χ1v) is 4.93. The summed E-state index contributed by atoms with van der Waals surface area (Å²) in [6.07, 6.45) is 1.14. The summed E-state index contributed by atoms with van der Waals surface area (Å²) in [5.41, 5.74) is 2.76. The Hall–Kier alpha value is -0.710. The van der Waals surface area contributed by atoms with E-state index in [1.807, 2.05) is 0 Å². The third-order valence-electron chi connectivity index (χ3n) is 1.53. The normalized spacial score (nSPS) is 11.4. The molecule has 0 aliphatic heterocycles. The third kappa shape index (κ3) is 7.64. The molecule has 0 bridgehead atoms. The molecule has 0 radical (unpaired) electrons. The van der Waals surface area contributed by atoms with Crippen molar-refractivity contribution < 1.29 is 13.3 Å². The van der Waals surface area contributed by atoms with Crippen molar-refractivity contribution >= 4 is 11.4 Å². The van der Waals surface area contributed by atoms with E-state index in [4.69, 9.17) is 13.3 Å². The molecule has 1 N–H and O–H groups in total. The summed E-state index contributed by atoms with van der Waals surface area (Å²) in [5.74, 6) is 0. The maximum atomic E-state index is 8.56. The van der Waals surface area contributed by atoms with Gasteiger partial charge in [-0.05, 0) is 18.9 Å². The molecular formula is C9H13O3S-. The lowest BCUT2D eigenvalue weighted by Gasteiger charge is -1.94. The average molecular weight is 201 g/mol. The van der Waals surface area contributed by atoms with Gasteiger partial charge in [-0.25, -0.2) is 4.21 Å². The molecule has 0 aromatic heterocycles. The van der Waals surface area contributed by atoms with Crippen LogP contribution >= 0.6 is 0 Å². The summed E-state index contributed by atoms with van der Waals surface area (Å²) in [7, 11) is 0. The summed E-state index contributed by atoms with van der Waals surface area (Å²) < 4.78 is 24.1. The Labute approximate surface area is 80.9 Å². The van der Waals surface area contributed by atoms with Crippen LogP contribution in [-0.2, 0) is 17.8 Å². The van der Waals surface area contributed by atoms with Crippen LogP contribution in [0, 0.1) is 6.92 Å². The van der Waals surface area contributed by atoms with Crippen LogP contribution in [-0.4, -0.2) is 13.3 Å². The summed E-state index contributed by atoms with van der Waals surface area (Å²) in [4.78, 5) is 0. The van der Waals surface area contributed by atoms with Gasteiger partial charge in [0.1, 0.15) is 0 Å². The Morgan fingerprint density at radius 3 is 2.08 bits per heavy atom. The molecule has 1 atom stereocenters. The smallest absolute Gasteiger partial charge is 0.0814 e. The van der Waals surface area contributed by atoms with Crippen molar-refractivity contribution in [1.82, 2.24) is 0 Å². The second kappa shape index (κ2) is 6.77. The SMILES string of the molecule is CCc1ccc(C)cc1.O=S([O-])O. The lowest BCUT2D eigenvalue weighted by atomic mass is 10.1. The first-order valence-electron chi connectivity index (χ1n) is 3.90. The molecule has 0 saturated heterocycles. The second-order valence-electron chi connectivity index (χ2n) is 2.56.